The lowest BCUT2D eigenvalue weighted by Gasteiger charge is -2.17. The van der Waals surface area contributed by atoms with E-state index >= 15 is 0 Å². The van der Waals surface area contributed by atoms with Crippen LogP contribution in [0.1, 0.15) is 5.56 Å². The molecule has 6 heteroatoms. The minimum atomic E-state index is -3.65. The van der Waals surface area contributed by atoms with Crippen molar-refractivity contribution in [3.05, 3.63) is 29.8 Å². The van der Waals surface area contributed by atoms with Gasteiger partial charge in [-0.2, -0.15) is 17.6 Å². The quantitative estimate of drug-likeness (QED) is 0.732. The fraction of sp³-hybridized carbons (Fsp3) is 0.333. The van der Waals surface area contributed by atoms with Gasteiger partial charge in [0.15, 0.2) is 0 Å². The van der Waals surface area contributed by atoms with E-state index in [0.29, 0.717) is 0 Å². The molecule has 0 heterocycles. The summed E-state index contributed by atoms with van der Waals surface area (Å²) in [5.74, 6) is -0.598. The molecule has 1 rings (SSSR count). The third-order valence-corrected chi connectivity index (χ3v) is 1.67. The van der Waals surface area contributed by atoms with Crippen LogP contribution in [0.3, 0.4) is 0 Å². The molecule has 0 bridgehead atoms. The predicted octanol–water partition coefficient (Wildman–Crippen LogP) is 2.98. The molecule has 0 aliphatic carbocycles. The number of hydrogen-bond acceptors (Lipinski definition) is 2. The Morgan fingerprint density at radius 2 is 1.80 bits per heavy atom. The van der Waals surface area contributed by atoms with Gasteiger partial charge in [0, 0.05) is 7.11 Å². The molecule has 15 heavy (non-hydrogen) atoms. The van der Waals surface area contributed by atoms with Crippen molar-refractivity contribution in [3.63, 3.8) is 0 Å². The molecule has 1 aromatic rings. The molecule has 1 aromatic carbocycles. The van der Waals surface area contributed by atoms with E-state index in [-0.39, 0.29) is 0 Å². The lowest BCUT2D eigenvalue weighted by Crippen LogP contribution is -2.18. The standard InChI is InChI=1S/C9H8F4O2/c1-14-9(12,13)6-4-2-3-5-7(6)15-8(10)11/h2-5,8H,1H3. The number of ether oxygens (including phenoxy) is 2. The number of alkyl halides is 4. The van der Waals surface area contributed by atoms with Crippen LogP contribution in [0.15, 0.2) is 24.3 Å². The minimum absolute atomic E-state index is 0.598. The fourth-order valence-electron chi connectivity index (χ4n) is 1.02. The van der Waals surface area contributed by atoms with Gasteiger partial charge >= 0.3 is 12.7 Å². The Morgan fingerprint density at radius 1 is 1.20 bits per heavy atom. The summed E-state index contributed by atoms with van der Waals surface area (Å²) in [5, 5.41) is 0. The number of rotatable bonds is 4. The molecule has 2 nitrogen and oxygen atoms in total. The maximum absolute atomic E-state index is 13.0. The summed E-state index contributed by atoms with van der Waals surface area (Å²) in [4.78, 5) is 0. The molecule has 0 radical (unpaired) electrons. The third kappa shape index (κ3) is 2.82. The number of para-hydroxylation sites is 1. The van der Waals surface area contributed by atoms with Crippen molar-refractivity contribution in [1.29, 1.82) is 0 Å². The van der Waals surface area contributed by atoms with Crippen molar-refractivity contribution in [2.75, 3.05) is 7.11 Å². The highest BCUT2D eigenvalue weighted by atomic mass is 19.3. The summed E-state index contributed by atoms with van der Waals surface area (Å²) in [5.41, 5.74) is -0.729. The highest BCUT2D eigenvalue weighted by molar-refractivity contribution is 5.35. The second-order valence-electron chi connectivity index (χ2n) is 2.60. The van der Waals surface area contributed by atoms with Crippen LogP contribution in [-0.2, 0) is 10.8 Å². The van der Waals surface area contributed by atoms with Crippen LogP contribution in [0.5, 0.6) is 5.75 Å². The lowest BCUT2D eigenvalue weighted by atomic mass is 10.2. The molecule has 0 fully saturated rings. The van der Waals surface area contributed by atoms with Gasteiger partial charge in [-0.05, 0) is 12.1 Å². The van der Waals surface area contributed by atoms with Gasteiger partial charge in [0.2, 0.25) is 0 Å². The Labute approximate surface area is 83.4 Å². The van der Waals surface area contributed by atoms with Crippen LogP contribution in [0.4, 0.5) is 17.6 Å². The summed E-state index contributed by atoms with van der Waals surface area (Å²) in [6.45, 7) is -3.15. The molecule has 0 aliphatic rings. The highest BCUT2D eigenvalue weighted by Crippen LogP contribution is 2.35. The molecule has 0 saturated carbocycles. The Kier molecular flexibility index (Phi) is 3.52. The Balaban J connectivity index is 3.06. The summed E-state index contributed by atoms with van der Waals surface area (Å²) in [6.07, 6.45) is -3.65. The van der Waals surface area contributed by atoms with Crippen molar-refractivity contribution in [2.45, 2.75) is 12.7 Å². The zero-order chi connectivity index (χ0) is 11.5. The highest BCUT2D eigenvalue weighted by Gasteiger charge is 2.35. The zero-order valence-electron chi connectivity index (χ0n) is 7.72. The van der Waals surface area contributed by atoms with E-state index in [1.165, 1.54) is 12.1 Å². The van der Waals surface area contributed by atoms with E-state index < -0.39 is 24.0 Å². The van der Waals surface area contributed by atoms with Crippen molar-refractivity contribution in [3.8, 4) is 5.75 Å². The van der Waals surface area contributed by atoms with Gasteiger partial charge in [0.05, 0.1) is 5.56 Å². The smallest absolute Gasteiger partial charge is 0.387 e. The molecular formula is C9H8F4O2. The van der Waals surface area contributed by atoms with E-state index in [1.807, 2.05) is 0 Å². The molecule has 0 saturated heterocycles. The van der Waals surface area contributed by atoms with E-state index in [9.17, 15) is 17.6 Å². The van der Waals surface area contributed by atoms with E-state index in [1.54, 1.807) is 0 Å². The van der Waals surface area contributed by atoms with Crippen LogP contribution >= 0.6 is 0 Å². The fourth-order valence-corrected chi connectivity index (χ4v) is 1.02. The molecule has 0 atom stereocenters. The second kappa shape index (κ2) is 4.48. The first-order valence-corrected chi connectivity index (χ1v) is 3.94. The van der Waals surface area contributed by atoms with E-state index in [2.05, 4.69) is 9.47 Å². The average molecular weight is 224 g/mol. The lowest BCUT2D eigenvalue weighted by molar-refractivity contribution is -0.233. The van der Waals surface area contributed by atoms with E-state index in [0.717, 1.165) is 19.2 Å². The van der Waals surface area contributed by atoms with Gasteiger partial charge in [-0.3, -0.25) is 0 Å². The molecule has 0 N–H and O–H groups in total. The van der Waals surface area contributed by atoms with Gasteiger partial charge in [-0.25, -0.2) is 0 Å². The first-order chi connectivity index (χ1) is 6.97. The molecule has 0 amide bonds. The molecule has 0 aliphatic heterocycles. The third-order valence-electron chi connectivity index (χ3n) is 1.67. The van der Waals surface area contributed by atoms with Gasteiger partial charge in [-0.15, -0.1) is 0 Å². The van der Waals surface area contributed by atoms with Crippen LogP contribution in [0.2, 0.25) is 0 Å². The van der Waals surface area contributed by atoms with Gasteiger partial charge in [0.25, 0.3) is 0 Å². The average Bonchev–Trinajstić information content (AvgIpc) is 2.17. The number of methoxy groups -OCH3 is 1. The molecule has 0 spiro atoms. The van der Waals surface area contributed by atoms with Gasteiger partial charge in [-0.1, -0.05) is 12.1 Å². The van der Waals surface area contributed by atoms with Crippen LogP contribution in [0, 0.1) is 0 Å². The Bertz CT molecular complexity index is 328. The topological polar surface area (TPSA) is 18.5 Å². The maximum atomic E-state index is 13.0. The molecule has 0 unspecified atom stereocenters. The van der Waals surface area contributed by atoms with Crippen molar-refractivity contribution < 1.29 is 27.0 Å². The molecule has 84 valence electrons. The zero-order valence-corrected chi connectivity index (χ0v) is 7.72. The minimum Gasteiger partial charge on any atom is -0.434 e. The monoisotopic (exact) mass is 224 g/mol. The van der Waals surface area contributed by atoms with Gasteiger partial charge in [0.1, 0.15) is 5.75 Å². The first-order valence-electron chi connectivity index (χ1n) is 3.94. The van der Waals surface area contributed by atoms with Crippen molar-refractivity contribution >= 4 is 0 Å². The van der Waals surface area contributed by atoms with Crippen LogP contribution < -0.4 is 4.74 Å². The van der Waals surface area contributed by atoms with Crippen LogP contribution in [0.25, 0.3) is 0 Å². The number of benzene rings is 1. The molecular weight excluding hydrogens is 216 g/mol. The van der Waals surface area contributed by atoms with Crippen molar-refractivity contribution in [1.82, 2.24) is 0 Å². The summed E-state index contributed by atoms with van der Waals surface area (Å²) in [6, 6.07) is 4.57. The van der Waals surface area contributed by atoms with Crippen molar-refractivity contribution in [2.24, 2.45) is 0 Å². The Morgan fingerprint density at radius 3 is 2.33 bits per heavy atom. The van der Waals surface area contributed by atoms with E-state index in [4.69, 9.17) is 0 Å². The molecule has 0 aromatic heterocycles. The normalized spacial score (nSPS) is 11.9. The Hall–Kier alpha value is -1.30. The summed E-state index contributed by atoms with van der Waals surface area (Å²) < 4.78 is 57.7. The van der Waals surface area contributed by atoms with Gasteiger partial charge < -0.3 is 9.47 Å². The largest absolute Gasteiger partial charge is 0.434 e. The second-order valence-corrected chi connectivity index (χ2v) is 2.60. The summed E-state index contributed by atoms with van der Waals surface area (Å²) >= 11 is 0. The SMILES string of the molecule is COC(F)(F)c1ccccc1OC(F)F. The predicted molar refractivity (Wildman–Crippen MR) is 44.0 cm³/mol. The first kappa shape index (κ1) is 11.8. The summed E-state index contributed by atoms with van der Waals surface area (Å²) in [7, 11) is 0.777. The maximum Gasteiger partial charge on any atom is 0.387 e. The number of hydrogen-bond donors (Lipinski definition) is 0. The van der Waals surface area contributed by atoms with Crippen LogP contribution in [-0.4, -0.2) is 13.7 Å². The number of halogens is 4.